The molecule has 0 fully saturated rings. The van der Waals surface area contributed by atoms with Gasteiger partial charge < -0.3 is 0 Å². The Morgan fingerprint density at radius 3 is 2.79 bits per heavy atom. The standard InChI is InChI=1S/C13H12I/c1-3-10-5-4-6-11-7-8-12(14-2)9-13(10)11/h3-9H,1H2,2H3/q-1. The van der Waals surface area contributed by atoms with Crippen molar-refractivity contribution in [3.8, 4) is 0 Å². The van der Waals surface area contributed by atoms with E-state index in [0.29, 0.717) is 0 Å². The van der Waals surface area contributed by atoms with Crippen LogP contribution in [0.2, 0.25) is 0 Å². The molecule has 2 aromatic rings. The first-order valence-corrected chi connectivity index (χ1v) is 7.73. The molecule has 0 spiro atoms. The van der Waals surface area contributed by atoms with Crippen LogP contribution in [0.15, 0.2) is 43.0 Å². The Hall–Kier alpha value is -0.830. The van der Waals surface area contributed by atoms with Crippen molar-refractivity contribution >= 4 is 16.8 Å². The summed E-state index contributed by atoms with van der Waals surface area (Å²) in [5, 5.41) is 2.64. The van der Waals surface area contributed by atoms with E-state index in [9.17, 15) is 0 Å². The van der Waals surface area contributed by atoms with Crippen LogP contribution in [0, 0.1) is 3.57 Å². The number of halogens is 1. The van der Waals surface area contributed by atoms with E-state index >= 15 is 0 Å². The van der Waals surface area contributed by atoms with Crippen LogP contribution in [0.5, 0.6) is 0 Å². The second-order valence-electron chi connectivity index (χ2n) is 3.11. The Balaban J connectivity index is 2.76. The van der Waals surface area contributed by atoms with Crippen molar-refractivity contribution in [2.24, 2.45) is 0 Å². The maximum atomic E-state index is 3.85. The molecule has 0 aliphatic carbocycles. The number of fused-ring (bicyclic) bond motifs is 1. The van der Waals surface area contributed by atoms with Crippen molar-refractivity contribution in [1.29, 1.82) is 0 Å². The first-order chi connectivity index (χ1) is 6.85. The van der Waals surface area contributed by atoms with Gasteiger partial charge in [0.15, 0.2) is 0 Å². The fourth-order valence-electron chi connectivity index (χ4n) is 1.56. The van der Waals surface area contributed by atoms with Gasteiger partial charge in [-0.05, 0) is 0 Å². The summed E-state index contributed by atoms with van der Waals surface area (Å²) in [4.78, 5) is 2.29. The molecular formula is C13H12I-. The van der Waals surface area contributed by atoms with E-state index < -0.39 is 0 Å². The molecule has 0 radical (unpaired) electrons. The van der Waals surface area contributed by atoms with Gasteiger partial charge in [0.2, 0.25) is 0 Å². The summed E-state index contributed by atoms with van der Waals surface area (Å²) >= 11 is 0.182. The third-order valence-corrected chi connectivity index (χ3v) is 4.23. The van der Waals surface area contributed by atoms with Gasteiger partial charge in [0.1, 0.15) is 0 Å². The quantitative estimate of drug-likeness (QED) is 0.555. The van der Waals surface area contributed by atoms with Crippen LogP contribution in [-0.4, -0.2) is 4.93 Å². The fraction of sp³-hybridized carbons (Fsp3) is 0.0769. The molecule has 2 aromatic carbocycles. The minimum atomic E-state index is 0.182. The molecule has 0 aromatic heterocycles. The van der Waals surface area contributed by atoms with Crippen molar-refractivity contribution in [2.75, 3.05) is 4.93 Å². The minimum absolute atomic E-state index is 0.182. The predicted octanol–water partition coefficient (Wildman–Crippen LogP) is 0.371. The fourth-order valence-corrected chi connectivity index (χ4v) is 2.73. The predicted molar refractivity (Wildman–Crippen MR) is 58.7 cm³/mol. The summed E-state index contributed by atoms with van der Waals surface area (Å²) in [6.07, 6.45) is 1.93. The van der Waals surface area contributed by atoms with Crippen molar-refractivity contribution in [2.45, 2.75) is 0 Å². The molecule has 0 amide bonds. The van der Waals surface area contributed by atoms with Gasteiger partial charge in [-0.15, -0.1) is 0 Å². The molecule has 0 nitrogen and oxygen atoms in total. The van der Waals surface area contributed by atoms with Crippen LogP contribution in [-0.2, 0) is 0 Å². The van der Waals surface area contributed by atoms with Crippen molar-refractivity contribution in [3.63, 3.8) is 0 Å². The van der Waals surface area contributed by atoms with Gasteiger partial charge in [0, 0.05) is 0 Å². The number of hydrogen-bond donors (Lipinski definition) is 0. The molecule has 0 saturated heterocycles. The monoisotopic (exact) mass is 295 g/mol. The van der Waals surface area contributed by atoms with E-state index in [1.165, 1.54) is 19.9 Å². The summed E-state index contributed by atoms with van der Waals surface area (Å²) in [5.41, 5.74) is 1.24. The number of rotatable bonds is 2. The Bertz CT molecular complexity index is 472. The van der Waals surface area contributed by atoms with Gasteiger partial charge in [-0.25, -0.2) is 0 Å². The van der Waals surface area contributed by atoms with Gasteiger partial charge >= 0.3 is 95.1 Å². The zero-order valence-electron chi connectivity index (χ0n) is 8.13. The molecule has 1 heteroatoms. The van der Waals surface area contributed by atoms with Gasteiger partial charge in [0.05, 0.1) is 0 Å². The van der Waals surface area contributed by atoms with Crippen molar-refractivity contribution in [1.82, 2.24) is 0 Å². The van der Waals surface area contributed by atoms with E-state index in [-0.39, 0.29) is 21.2 Å². The van der Waals surface area contributed by atoms with Crippen LogP contribution in [0.25, 0.3) is 16.8 Å². The van der Waals surface area contributed by atoms with E-state index in [2.05, 4.69) is 47.9 Å². The van der Waals surface area contributed by atoms with Crippen LogP contribution in [0.4, 0.5) is 0 Å². The van der Waals surface area contributed by atoms with E-state index in [0.717, 1.165) is 0 Å². The molecule has 0 aliphatic rings. The molecule has 0 bridgehead atoms. The van der Waals surface area contributed by atoms with Crippen LogP contribution < -0.4 is 21.2 Å². The zero-order valence-corrected chi connectivity index (χ0v) is 10.3. The van der Waals surface area contributed by atoms with Gasteiger partial charge in [-0.3, -0.25) is 0 Å². The summed E-state index contributed by atoms with van der Waals surface area (Å²) < 4.78 is 1.49. The van der Waals surface area contributed by atoms with Crippen molar-refractivity contribution in [3.05, 3.63) is 52.1 Å². The SMILES string of the molecule is C=Cc1cccc2ccc([I-]C)cc12. The number of benzene rings is 2. The number of hydrogen-bond acceptors (Lipinski definition) is 0. The summed E-state index contributed by atoms with van der Waals surface area (Å²) in [6, 6.07) is 13.1. The second-order valence-corrected chi connectivity index (χ2v) is 5.43. The third kappa shape index (κ3) is 1.69. The third-order valence-electron chi connectivity index (χ3n) is 2.32. The van der Waals surface area contributed by atoms with Gasteiger partial charge in [-0.1, -0.05) is 0 Å². The number of alkyl halides is 1. The molecule has 0 aliphatic heterocycles. The van der Waals surface area contributed by atoms with Crippen LogP contribution in [0.1, 0.15) is 5.56 Å². The molecule has 0 saturated carbocycles. The second kappa shape index (κ2) is 4.13. The van der Waals surface area contributed by atoms with Crippen LogP contribution in [0.3, 0.4) is 0 Å². The Kier molecular flexibility index (Phi) is 2.87. The average Bonchev–Trinajstić information content (AvgIpc) is 2.27. The van der Waals surface area contributed by atoms with E-state index in [1.54, 1.807) is 0 Å². The first-order valence-electron chi connectivity index (χ1n) is 4.50. The molecule has 0 heterocycles. The average molecular weight is 295 g/mol. The van der Waals surface area contributed by atoms with Crippen LogP contribution >= 0.6 is 0 Å². The topological polar surface area (TPSA) is 0 Å². The Labute approximate surface area is 94.9 Å². The Morgan fingerprint density at radius 2 is 2.07 bits per heavy atom. The molecule has 14 heavy (non-hydrogen) atoms. The summed E-state index contributed by atoms with van der Waals surface area (Å²) in [6.45, 7) is 3.85. The molecule has 0 atom stereocenters. The normalized spacial score (nSPS) is 10.6. The molecule has 0 N–H and O–H groups in total. The van der Waals surface area contributed by atoms with Crippen molar-refractivity contribution < 1.29 is 21.2 Å². The summed E-state index contributed by atoms with van der Waals surface area (Å²) in [7, 11) is 0. The Morgan fingerprint density at radius 1 is 1.21 bits per heavy atom. The van der Waals surface area contributed by atoms with Gasteiger partial charge in [-0.2, -0.15) is 0 Å². The first kappa shape index (κ1) is 9.71. The molecular weight excluding hydrogens is 283 g/mol. The van der Waals surface area contributed by atoms with E-state index in [1.807, 2.05) is 6.08 Å². The molecule has 72 valence electrons. The van der Waals surface area contributed by atoms with E-state index in [4.69, 9.17) is 0 Å². The zero-order chi connectivity index (χ0) is 9.97. The maximum absolute atomic E-state index is 3.85. The molecule has 0 unspecified atom stereocenters. The molecule has 2 rings (SSSR count). The van der Waals surface area contributed by atoms with Gasteiger partial charge in [0.25, 0.3) is 0 Å². The summed E-state index contributed by atoms with van der Waals surface area (Å²) in [5.74, 6) is 0.